The lowest BCUT2D eigenvalue weighted by molar-refractivity contribution is 0.400. The fourth-order valence-electron chi connectivity index (χ4n) is 8.27. The Kier molecular flexibility index (Phi) is 78.8. The Labute approximate surface area is 697 Å². The molecule has 0 amide bonds. The summed E-state index contributed by atoms with van der Waals surface area (Å²) in [5.41, 5.74) is 57.4. The van der Waals surface area contributed by atoms with Gasteiger partial charge in [0.05, 0.1) is 5.22 Å². The lowest BCUT2D eigenvalue weighted by Gasteiger charge is -2.25. The maximum atomic E-state index is 14.3. The molecule has 0 aliphatic heterocycles. The Morgan fingerprint density at radius 3 is 0.825 bits per heavy atom. The maximum absolute atomic E-state index is 14.3. The van der Waals surface area contributed by atoms with Crippen LogP contribution >= 0.6 is 0 Å². The molecule has 5 rings (SSSR count). The van der Waals surface area contributed by atoms with Gasteiger partial charge in [-0.1, -0.05) is 143 Å². The Morgan fingerprint density at radius 2 is 0.563 bits per heavy atom. The van der Waals surface area contributed by atoms with E-state index in [0.29, 0.717) is 64.8 Å². The SMILES string of the molecule is CCCc1cc2c(c(F)c1F)CC(CCC)CC2.CCCc1cc2ccc(CCC)c(C)c2c(F)c1F.CCCc1ccc(CCC)c(F)c1F.N/N=N/N=N/N=N/N=N/N=N/N.N=N/N=N/N=N/N=N/N=N/N.N=N/N=N/N=N/N=N/N=N/N=N/N=N/N=N/N=N/N=N/N.N=N/N=N/N=N/N=N/N=N/N=N/N=N/N=N/N=N/N=N/N=N.[N-]=[N+]=N.[N-]=[N+]=NN=[N+]=[N-]. The first kappa shape index (κ1) is 114. The third-order valence-electron chi connectivity index (χ3n) is 12.3. The van der Waals surface area contributed by atoms with E-state index >= 15 is 0 Å². The largest absolute Gasteiger partial charge is 0.303 e. The molecule has 1 unspecified atom stereocenters. The van der Waals surface area contributed by atoms with Crippen LogP contribution in [0.5, 0.6) is 0 Å². The number of aryl methyl sites for hydroxylation is 7. The molecule has 4 aromatic rings. The van der Waals surface area contributed by atoms with Crippen molar-refractivity contribution < 1.29 is 26.3 Å². The first-order valence-corrected chi connectivity index (χ1v) is 33.5. The maximum Gasteiger partial charge on any atom is 0.280 e. The van der Waals surface area contributed by atoms with E-state index in [2.05, 4.69) is 360 Å². The molecule has 1 aliphatic carbocycles. The van der Waals surface area contributed by atoms with Crippen molar-refractivity contribution in [2.24, 2.45) is 343 Å². The van der Waals surface area contributed by atoms with Crippen LogP contribution in [0, 0.1) is 75.4 Å². The fraction of sp³-hybridized carbons (Fsp3) is 0.511. The first-order valence-electron chi connectivity index (χ1n) is 33.5. The molecule has 0 saturated heterocycles. The Hall–Kier alpha value is -18.5. The first-order chi connectivity index (χ1) is 61.5. The van der Waals surface area contributed by atoms with Crippen molar-refractivity contribution in [3.8, 4) is 0 Å². The van der Waals surface area contributed by atoms with Crippen molar-refractivity contribution in [2.75, 3.05) is 0 Å². The van der Waals surface area contributed by atoms with Crippen LogP contribution in [0.25, 0.3) is 42.1 Å². The van der Waals surface area contributed by atoms with E-state index in [1.807, 2.05) is 52.8 Å². The summed E-state index contributed by atoms with van der Waals surface area (Å²) in [6.07, 6.45) is 12.7. The number of nitrogens with two attached hydrogens (primary N) is 4. The minimum absolute atomic E-state index is 0.448. The quantitative estimate of drug-likeness (QED) is 0.00523. The van der Waals surface area contributed by atoms with Gasteiger partial charge in [0.2, 0.25) is 0 Å². The van der Waals surface area contributed by atoms with Gasteiger partial charge in [0.1, 0.15) is 0 Å². The van der Waals surface area contributed by atoms with E-state index < -0.39 is 34.9 Å². The van der Waals surface area contributed by atoms with Crippen molar-refractivity contribution in [1.82, 2.24) is 0 Å². The molecule has 1 atom stereocenters. The number of rotatable bonds is 40. The predicted octanol–water partition coefficient (Wildman–Crippen LogP) is 25.9. The van der Waals surface area contributed by atoms with Gasteiger partial charge in [0, 0.05) is 46.9 Å². The second kappa shape index (κ2) is 87.3. The standard InChI is InChI=1S/C17H20F2.C16H22F2.C12H16F2.H2N22.H3N21.H4N12.H3N11.N6.HN3/c1-4-6-12-8-9-13-10-14(7-5-2)16(18)17(19)15(13)11(12)3;1-3-5-11-7-8-12-10-13(6-4-2)15(17)16(18)14(12)9-11;1-3-5-9-7-8-10(6-4-2)12(14)11(9)13;1-3-5-7-9-11-13-15-17-19-21-22-20-18-16-14-12-10-8-6-4-2;1-3-5-7-9-11-13-15-17-19-21-20-18-16-14-12-10-8-6-4-2;1-3-5-7-9-11-12-10-8-6-4-2;1-3-5-7-9-11-10-8-6-4-2;1-3-5-6-4-2;1-3-2/h8-10H,4-7H2,1-3H3;10-11H,3-9H2,1-2H3;7-8H,3-6H2,1-2H3;1-2H;(H3,1,2,5,6,9,10,13,14,17,18,21);(H2,1,4,5,8,9,12)(H2,2,3,6,7,10,11);(H3,1,2,5,6,9,10);;1H/b;;;3-1?,4-2?,7-5+,8-6+,11-9+,12-10+,15-13+,16-14+,19-17+,20-18+,22-21+;;;;;. The zero-order valence-corrected chi connectivity index (χ0v) is 66.2. The van der Waals surface area contributed by atoms with Gasteiger partial charge < -0.3 is 23.4 Å². The zero-order valence-electron chi connectivity index (χ0n) is 66.2. The molecule has 0 radical (unpaired) electrons. The monoisotopic (exact) mass is 1780 g/mol. The number of azide groups is 2. The summed E-state index contributed by atoms with van der Waals surface area (Å²) in [5.74, 6) is 14.9. The average molecular weight is 1780 g/mol. The summed E-state index contributed by atoms with van der Waals surface area (Å²) in [6.45, 7) is 14.0. The molecule has 668 valence electrons. The van der Waals surface area contributed by atoms with Crippen LogP contribution in [0.15, 0.2) is 350 Å². The van der Waals surface area contributed by atoms with Crippen molar-refractivity contribution >= 4 is 10.8 Å². The minimum Gasteiger partial charge on any atom is -0.303 e. The molecule has 81 heteroatoms. The molecular formula is C45H71F6N75. The number of halogens is 6. The molecular weight excluding hydrogens is 1710 g/mol. The molecule has 0 spiro atoms. The Morgan fingerprint density at radius 1 is 0.325 bits per heavy atom. The number of nitrogens with one attached hydrogen (secondary N) is 5. The minimum atomic E-state index is -0.684. The molecule has 75 nitrogen and oxygen atoms in total. The highest BCUT2D eigenvalue weighted by atomic mass is 19.2. The summed E-state index contributed by atoms with van der Waals surface area (Å²) in [7, 11) is 0. The van der Waals surface area contributed by atoms with E-state index in [-0.39, 0.29) is 0 Å². The van der Waals surface area contributed by atoms with Crippen molar-refractivity contribution in [1.29, 1.82) is 27.7 Å². The van der Waals surface area contributed by atoms with E-state index in [9.17, 15) is 26.3 Å². The summed E-state index contributed by atoms with van der Waals surface area (Å²) in [5, 5.41) is 173. The molecule has 0 saturated carbocycles. The number of fused-ring (bicyclic) bond motifs is 2. The molecule has 4 aromatic carbocycles. The molecule has 0 fully saturated rings. The molecule has 0 bridgehead atoms. The number of nitrogens with zero attached hydrogens (tertiary/aromatic N) is 66. The third kappa shape index (κ3) is 62.7. The van der Waals surface area contributed by atoms with Crippen LogP contribution in [-0.4, -0.2) is 0 Å². The van der Waals surface area contributed by atoms with Gasteiger partial charge in [0.25, 0.3) is 5.22 Å². The van der Waals surface area contributed by atoms with Gasteiger partial charge >= 0.3 is 0 Å². The summed E-state index contributed by atoms with van der Waals surface area (Å²) in [6, 6.07) is 11.0. The number of hydrogen-bond acceptors (Lipinski definition) is 9. The van der Waals surface area contributed by atoms with E-state index in [1.54, 1.807) is 23.1 Å². The molecule has 0 aromatic heterocycles. The fourth-order valence-corrected chi connectivity index (χ4v) is 8.27. The lowest BCUT2D eigenvalue weighted by Crippen LogP contribution is -2.17. The van der Waals surface area contributed by atoms with Gasteiger partial charge in [-0.15, -0.1) is 11.1 Å². The van der Waals surface area contributed by atoms with Crippen molar-refractivity contribution in [2.45, 2.75) is 145 Å². The van der Waals surface area contributed by atoms with Gasteiger partial charge in [0.15, 0.2) is 34.9 Å². The van der Waals surface area contributed by atoms with Crippen LogP contribution in [0.3, 0.4) is 0 Å². The number of hydrogen-bond donors (Lipinski definition) is 9. The van der Waals surface area contributed by atoms with Crippen LogP contribution in [0.2, 0.25) is 0 Å². The molecule has 0 heterocycles. The third-order valence-corrected chi connectivity index (χ3v) is 12.3. The van der Waals surface area contributed by atoms with E-state index in [4.69, 9.17) is 44.2 Å². The Bertz CT molecular complexity index is 4660. The van der Waals surface area contributed by atoms with Crippen molar-refractivity contribution in [3.05, 3.63) is 147 Å². The van der Waals surface area contributed by atoms with Crippen LogP contribution < -0.4 is 23.4 Å². The average Bonchev–Trinajstić information content (AvgIpc) is 0.800. The molecule has 126 heavy (non-hydrogen) atoms. The second-order valence-corrected chi connectivity index (χ2v) is 19.9. The van der Waals surface area contributed by atoms with Crippen molar-refractivity contribution in [3.63, 3.8) is 0 Å². The molecule has 1 aliphatic rings. The lowest BCUT2D eigenvalue weighted by atomic mass is 9.80. The summed E-state index contributed by atoms with van der Waals surface area (Å²) < 4.78 is 83.1. The highest BCUT2D eigenvalue weighted by Crippen LogP contribution is 2.34. The zero-order chi connectivity index (χ0) is 94.2. The van der Waals surface area contributed by atoms with E-state index in [0.717, 1.165) is 92.7 Å². The van der Waals surface area contributed by atoms with Crippen LogP contribution in [0.4, 0.5) is 26.3 Å². The Balaban J connectivity index is -0.000000684. The van der Waals surface area contributed by atoms with Gasteiger partial charge in [-0.2, -0.15) is 27.0 Å². The normalized spacial score (nSPS) is 13.1. The summed E-state index contributed by atoms with van der Waals surface area (Å²) in [4.78, 5) is 6.01. The van der Waals surface area contributed by atoms with E-state index in [1.165, 1.54) is 0 Å². The second-order valence-electron chi connectivity index (χ2n) is 19.9. The summed E-state index contributed by atoms with van der Waals surface area (Å²) >= 11 is 0. The highest BCUT2D eigenvalue weighted by Gasteiger charge is 2.25. The smallest absolute Gasteiger partial charge is 0.280 e. The van der Waals surface area contributed by atoms with Crippen LogP contribution in [-0.2, 0) is 44.9 Å². The van der Waals surface area contributed by atoms with Gasteiger partial charge in [-0.25, -0.2) is 26.3 Å². The van der Waals surface area contributed by atoms with Gasteiger partial charge in [-0.3, -0.25) is 0 Å². The van der Waals surface area contributed by atoms with Crippen LogP contribution in [0.1, 0.15) is 137 Å². The predicted molar refractivity (Wildman–Crippen MR) is 398 cm³/mol. The van der Waals surface area contributed by atoms with Gasteiger partial charge in [-0.05, 0) is 376 Å². The highest BCUT2D eigenvalue weighted by molar-refractivity contribution is 5.88. The number of benzene rings is 4. The topological polar surface area (TPSA) is 1070 Å². The molecule has 13 N–H and O–H groups in total.